The molecule has 0 spiro atoms. The Hall–Kier alpha value is -5.69. The average molecular weight is 719 g/mol. The number of aromatic nitrogens is 2. The predicted octanol–water partition coefficient (Wildman–Crippen LogP) is 5.17. The van der Waals surface area contributed by atoms with Gasteiger partial charge in [0, 0.05) is 49.5 Å². The van der Waals surface area contributed by atoms with Crippen molar-refractivity contribution in [3.63, 3.8) is 0 Å². The Morgan fingerprint density at radius 1 is 0.849 bits per heavy atom. The number of hydrogen-bond acceptors (Lipinski definition) is 10. The van der Waals surface area contributed by atoms with Gasteiger partial charge in [-0.05, 0) is 60.0 Å². The van der Waals surface area contributed by atoms with E-state index >= 15 is 0 Å². The first-order valence-electron chi connectivity index (χ1n) is 17.9. The number of likely N-dealkylation sites (tertiary alicyclic amines) is 1. The Kier molecular flexibility index (Phi) is 8.89. The van der Waals surface area contributed by atoms with Crippen LogP contribution in [0.4, 0.5) is 10.1 Å². The molecule has 0 radical (unpaired) electrons. The maximum Gasteiger partial charge on any atom is 0.262 e. The maximum atomic E-state index is 13.2. The highest BCUT2D eigenvalue weighted by Gasteiger charge is 2.45. The number of alkyl halides is 1. The van der Waals surface area contributed by atoms with Crippen molar-refractivity contribution in [1.29, 1.82) is 0 Å². The molecule has 4 aliphatic rings. The lowest BCUT2D eigenvalue weighted by molar-refractivity contribution is -0.136. The van der Waals surface area contributed by atoms with E-state index in [9.17, 15) is 23.6 Å². The topological polar surface area (TPSA) is 143 Å². The van der Waals surface area contributed by atoms with Crippen molar-refractivity contribution >= 4 is 29.3 Å². The fourth-order valence-electron chi connectivity index (χ4n) is 7.27. The van der Waals surface area contributed by atoms with E-state index in [0.29, 0.717) is 42.6 Å². The number of amides is 4. The van der Waals surface area contributed by atoms with E-state index in [1.165, 1.54) is 0 Å². The molecule has 1 saturated carbocycles. The van der Waals surface area contributed by atoms with Crippen LogP contribution in [0.1, 0.15) is 77.2 Å². The van der Waals surface area contributed by atoms with Crippen molar-refractivity contribution in [2.75, 3.05) is 18.4 Å². The molecule has 1 atom stereocenters. The van der Waals surface area contributed by atoms with E-state index in [4.69, 9.17) is 9.47 Å². The molecular weight excluding hydrogens is 679 g/mol. The Labute approximate surface area is 305 Å². The molecule has 272 valence electrons. The normalized spacial score (nSPS) is 21.8. The van der Waals surface area contributed by atoms with Gasteiger partial charge in [-0.1, -0.05) is 38.1 Å². The molecule has 13 heteroatoms. The number of carbonyl (C=O) groups excluding carboxylic acids is 4. The second kappa shape index (κ2) is 13.7. The fourth-order valence-corrected chi connectivity index (χ4v) is 7.27. The lowest BCUT2D eigenvalue weighted by Crippen LogP contribution is -2.54. The summed E-state index contributed by atoms with van der Waals surface area (Å²) in [5, 5.41) is 5.65. The third-order valence-electron chi connectivity index (χ3n) is 10.6. The molecule has 1 aromatic heterocycles. The summed E-state index contributed by atoms with van der Waals surface area (Å²) in [4.78, 5) is 61.7. The third kappa shape index (κ3) is 6.96. The Balaban J connectivity index is 0.816. The van der Waals surface area contributed by atoms with Gasteiger partial charge in [0.2, 0.25) is 11.8 Å². The lowest BCUT2D eigenvalue weighted by atomic mass is 9.78. The number of fused-ring (bicyclic) bond motifs is 1. The van der Waals surface area contributed by atoms with Crippen LogP contribution in [0.2, 0.25) is 0 Å². The van der Waals surface area contributed by atoms with Crippen molar-refractivity contribution in [2.45, 2.75) is 75.8 Å². The van der Waals surface area contributed by atoms with Crippen molar-refractivity contribution in [1.82, 2.24) is 25.1 Å². The average Bonchev–Trinajstić information content (AvgIpc) is 3.36. The smallest absolute Gasteiger partial charge is 0.262 e. The number of ether oxygens (including phenoxy) is 2. The fraction of sp³-hybridized carbons (Fsp3) is 0.350. The van der Waals surface area contributed by atoms with Crippen molar-refractivity contribution in [3.05, 3.63) is 107 Å². The standard InChI is InChI=1S/C40H39FN6O6/c1-40(2,24-5-10-29(11-6-24)53-31-18-42-35(43-19-31)22-46-20-25(41)21-46)23-3-8-28(9-4-23)52-30-15-27(16-30)44-26-7-12-32-33(17-26)39(51)47(38(32)50)34-13-14-36(48)45-37(34)49/h3-12,17-19,25,27,30,34,44H,13-16,20-22H2,1-2H3,(H,45,48,49). The summed E-state index contributed by atoms with van der Waals surface area (Å²) in [6, 6.07) is 20.3. The monoisotopic (exact) mass is 718 g/mol. The first kappa shape index (κ1) is 34.4. The molecule has 1 aliphatic carbocycles. The van der Waals surface area contributed by atoms with Gasteiger partial charge in [-0.2, -0.15) is 0 Å². The number of piperidine rings is 1. The number of benzene rings is 3. The van der Waals surface area contributed by atoms with Crippen LogP contribution in [0.15, 0.2) is 79.1 Å². The molecule has 12 nitrogen and oxygen atoms in total. The van der Waals surface area contributed by atoms with E-state index in [2.05, 4.69) is 58.7 Å². The second-order valence-corrected chi connectivity index (χ2v) is 14.7. The highest BCUT2D eigenvalue weighted by Crippen LogP contribution is 2.36. The number of nitrogens with one attached hydrogen (secondary N) is 2. The molecule has 0 bridgehead atoms. The van der Waals surface area contributed by atoms with E-state index in [0.717, 1.165) is 34.6 Å². The van der Waals surface area contributed by atoms with Crippen LogP contribution in [0.25, 0.3) is 0 Å². The zero-order valence-electron chi connectivity index (χ0n) is 29.4. The van der Waals surface area contributed by atoms with Crippen LogP contribution in [-0.4, -0.2) is 80.8 Å². The Morgan fingerprint density at radius 3 is 2.13 bits per heavy atom. The summed E-state index contributed by atoms with van der Waals surface area (Å²) in [5.74, 6) is 0.565. The quantitative estimate of drug-likeness (QED) is 0.200. The van der Waals surface area contributed by atoms with Crippen LogP contribution in [0, 0.1) is 0 Å². The van der Waals surface area contributed by atoms with Gasteiger partial charge >= 0.3 is 0 Å². The number of hydrogen-bond donors (Lipinski definition) is 2. The number of carbonyl (C=O) groups is 4. The summed E-state index contributed by atoms with van der Waals surface area (Å²) in [7, 11) is 0. The summed E-state index contributed by atoms with van der Waals surface area (Å²) < 4.78 is 25.3. The summed E-state index contributed by atoms with van der Waals surface area (Å²) in [5.41, 5.74) is 3.20. The number of nitrogens with zero attached hydrogens (tertiary/aromatic N) is 4. The first-order valence-corrected chi connectivity index (χ1v) is 17.9. The zero-order valence-corrected chi connectivity index (χ0v) is 29.4. The molecular formula is C40H39FN6O6. The molecule has 3 fully saturated rings. The van der Waals surface area contributed by atoms with Crippen molar-refractivity contribution in [3.8, 4) is 17.2 Å². The number of halogens is 1. The summed E-state index contributed by atoms with van der Waals surface area (Å²) >= 11 is 0. The van der Waals surface area contributed by atoms with Gasteiger partial charge in [-0.3, -0.25) is 34.3 Å². The van der Waals surface area contributed by atoms with Gasteiger partial charge in [0.05, 0.1) is 30.1 Å². The molecule has 4 amide bonds. The van der Waals surface area contributed by atoms with E-state index < -0.39 is 35.8 Å². The molecule has 3 aromatic carbocycles. The molecule has 8 rings (SSSR count). The third-order valence-corrected chi connectivity index (χ3v) is 10.6. The predicted molar refractivity (Wildman–Crippen MR) is 191 cm³/mol. The van der Waals surface area contributed by atoms with E-state index in [-0.39, 0.29) is 41.5 Å². The van der Waals surface area contributed by atoms with Gasteiger partial charge in [0.25, 0.3) is 11.8 Å². The Morgan fingerprint density at radius 2 is 1.49 bits per heavy atom. The van der Waals surface area contributed by atoms with Crippen LogP contribution in [-0.2, 0) is 21.5 Å². The van der Waals surface area contributed by atoms with Crippen LogP contribution >= 0.6 is 0 Å². The molecule has 3 aliphatic heterocycles. The van der Waals surface area contributed by atoms with E-state index in [1.807, 2.05) is 29.2 Å². The minimum absolute atomic E-state index is 0.0332. The van der Waals surface area contributed by atoms with Crippen LogP contribution < -0.4 is 20.1 Å². The van der Waals surface area contributed by atoms with Crippen molar-refractivity contribution in [2.24, 2.45) is 0 Å². The zero-order chi connectivity index (χ0) is 36.9. The number of rotatable bonds is 11. The molecule has 2 N–H and O–H groups in total. The van der Waals surface area contributed by atoms with E-state index in [1.54, 1.807) is 30.6 Å². The largest absolute Gasteiger partial charge is 0.490 e. The summed E-state index contributed by atoms with van der Waals surface area (Å²) in [6.07, 6.45) is 4.29. The summed E-state index contributed by atoms with van der Waals surface area (Å²) in [6.45, 7) is 5.73. The Bertz CT molecular complexity index is 2060. The van der Waals surface area contributed by atoms with Crippen LogP contribution in [0.3, 0.4) is 0 Å². The van der Waals surface area contributed by atoms with Crippen LogP contribution in [0.5, 0.6) is 17.2 Å². The highest BCUT2D eigenvalue weighted by atomic mass is 19.1. The molecule has 53 heavy (non-hydrogen) atoms. The molecule has 4 heterocycles. The molecule has 4 aromatic rings. The first-order chi connectivity index (χ1) is 25.5. The minimum atomic E-state index is -0.991. The molecule has 2 saturated heterocycles. The maximum absolute atomic E-state index is 13.2. The highest BCUT2D eigenvalue weighted by molar-refractivity contribution is 6.23. The van der Waals surface area contributed by atoms with Gasteiger partial charge in [0.15, 0.2) is 5.75 Å². The van der Waals surface area contributed by atoms with Crippen molar-refractivity contribution < 1.29 is 33.0 Å². The second-order valence-electron chi connectivity index (χ2n) is 14.7. The number of imide groups is 2. The van der Waals surface area contributed by atoms with Gasteiger partial charge in [0.1, 0.15) is 35.6 Å². The van der Waals surface area contributed by atoms with Gasteiger partial charge in [-0.25, -0.2) is 14.4 Å². The van der Waals surface area contributed by atoms with Gasteiger partial charge in [-0.15, -0.1) is 0 Å². The number of anilines is 1. The minimum Gasteiger partial charge on any atom is -0.490 e. The van der Waals surface area contributed by atoms with Gasteiger partial charge < -0.3 is 14.8 Å². The molecule has 1 unspecified atom stereocenters. The SMILES string of the molecule is CC(C)(c1ccc(Oc2cnc(CN3CC(F)C3)nc2)cc1)c1ccc(OC2CC(Nc3ccc4c(c3)C(=O)N(C3CCC(=O)NC3=O)C4=O)C2)cc1. The lowest BCUT2D eigenvalue weighted by Gasteiger charge is -2.36.